The van der Waals surface area contributed by atoms with E-state index in [9.17, 15) is 14.7 Å². The van der Waals surface area contributed by atoms with E-state index < -0.39 is 18.0 Å². The first-order valence-corrected chi connectivity index (χ1v) is 15.2. The minimum Gasteiger partial charge on any atom is -0.487 e. The molecule has 0 radical (unpaired) electrons. The third kappa shape index (κ3) is 6.90. The van der Waals surface area contributed by atoms with Crippen molar-refractivity contribution in [2.75, 3.05) is 38.7 Å². The molecule has 3 aliphatic rings. The molecule has 0 saturated heterocycles. The van der Waals surface area contributed by atoms with E-state index in [1.54, 1.807) is 11.9 Å². The second kappa shape index (κ2) is 13.3. The molecule has 1 saturated carbocycles. The van der Waals surface area contributed by atoms with Crippen molar-refractivity contribution in [1.82, 2.24) is 4.90 Å². The summed E-state index contributed by atoms with van der Waals surface area (Å²) in [4.78, 5) is 30.2. The number of aliphatic hydroxyl groups excluding tert-OH is 1. The molecule has 1 N–H and O–H groups in total. The largest absolute Gasteiger partial charge is 0.487 e. The fourth-order valence-corrected chi connectivity index (χ4v) is 6.50. The summed E-state index contributed by atoms with van der Waals surface area (Å²) < 4.78 is 11.6. The lowest BCUT2D eigenvalue weighted by Crippen LogP contribution is -2.43. The van der Waals surface area contributed by atoms with Gasteiger partial charge in [0.25, 0.3) is 0 Å². The molecule has 0 aromatic heterocycles. The minimum absolute atomic E-state index is 0.0218. The molecule has 0 unspecified atom stereocenters. The SMILES string of the molecule is COC(=O)[C@@H]1CC(=O)N(C)CC/C=C/[C@H](O)[C@@H]2CC[C@H]2CN2CCCCc3cc(Cl)ccc3COc3ccc1cc32. The van der Waals surface area contributed by atoms with Crippen LogP contribution < -0.4 is 9.64 Å². The Morgan fingerprint density at radius 3 is 2.73 bits per heavy atom. The van der Waals surface area contributed by atoms with Gasteiger partial charge in [0, 0.05) is 38.1 Å². The zero-order valence-electron chi connectivity index (χ0n) is 24.1. The highest BCUT2D eigenvalue weighted by molar-refractivity contribution is 6.30. The van der Waals surface area contributed by atoms with E-state index in [1.165, 1.54) is 12.7 Å². The van der Waals surface area contributed by atoms with Crippen LogP contribution in [0.2, 0.25) is 5.02 Å². The Labute approximate surface area is 248 Å². The van der Waals surface area contributed by atoms with Crippen LogP contribution in [0.15, 0.2) is 48.6 Å². The minimum atomic E-state index is -0.718. The molecule has 7 nitrogen and oxygen atoms in total. The predicted molar refractivity (Wildman–Crippen MR) is 160 cm³/mol. The Kier molecular flexibility index (Phi) is 9.56. The van der Waals surface area contributed by atoms with E-state index in [0.29, 0.717) is 25.5 Å². The molecule has 2 bridgehead atoms. The van der Waals surface area contributed by atoms with Crippen molar-refractivity contribution < 1.29 is 24.2 Å². The lowest BCUT2D eigenvalue weighted by molar-refractivity contribution is -0.145. The summed E-state index contributed by atoms with van der Waals surface area (Å²) in [6, 6.07) is 11.8. The fourth-order valence-electron chi connectivity index (χ4n) is 6.31. The van der Waals surface area contributed by atoms with Crippen LogP contribution in [0.1, 0.15) is 61.1 Å². The molecule has 2 aromatic rings. The van der Waals surface area contributed by atoms with Crippen molar-refractivity contribution in [1.29, 1.82) is 0 Å². The van der Waals surface area contributed by atoms with Gasteiger partial charge in [-0.1, -0.05) is 35.9 Å². The van der Waals surface area contributed by atoms with Crippen molar-refractivity contribution in [2.45, 2.75) is 63.6 Å². The van der Waals surface area contributed by atoms with Crippen LogP contribution in [0.5, 0.6) is 5.75 Å². The zero-order chi connectivity index (χ0) is 28.9. The molecule has 41 heavy (non-hydrogen) atoms. The van der Waals surface area contributed by atoms with E-state index >= 15 is 0 Å². The number of anilines is 1. The number of aliphatic hydroxyl groups is 1. The number of aryl methyl sites for hydroxylation is 1. The number of carbonyl (C=O) groups is 2. The summed E-state index contributed by atoms with van der Waals surface area (Å²) in [6.07, 6.45) is 8.98. The summed E-state index contributed by atoms with van der Waals surface area (Å²) in [5.41, 5.74) is 3.97. The molecule has 1 amide bonds. The van der Waals surface area contributed by atoms with Gasteiger partial charge in [0.15, 0.2) is 0 Å². The zero-order valence-corrected chi connectivity index (χ0v) is 24.8. The van der Waals surface area contributed by atoms with E-state index in [4.69, 9.17) is 21.1 Å². The number of halogens is 1. The molecule has 220 valence electrons. The first-order chi connectivity index (χ1) is 19.8. The Hall–Kier alpha value is -3.03. The van der Waals surface area contributed by atoms with Crippen LogP contribution in [0.3, 0.4) is 0 Å². The predicted octanol–water partition coefficient (Wildman–Crippen LogP) is 5.51. The van der Waals surface area contributed by atoms with E-state index in [-0.39, 0.29) is 18.2 Å². The lowest BCUT2D eigenvalue weighted by atomic mass is 9.70. The van der Waals surface area contributed by atoms with Crippen molar-refractivity contribution in [3.63, 3.8) is 0 Å². The Bertz CT molecular complexity index is 1280. The molecule has 1 aliphatic carbocycles. The Balaban J connectivity index is 1.56. The maximum Gasteiger partial charge on any atom is 0.313 e. The van der Waals surface area contributed by atoms with Crippen LogP contribution >= 0.6 is 11.6 Å². The average Bonchev–Trinajstić information content (AvgIpc) is 2.98. The van der Waals surface area contributed by atoms with Gasteiger partial charge in [-0.15, -0.1) is 0 Å². The number of hydrogen-bond acceptors (Lipinski definition) is 6. The van der Waals surface area contributed by atoms with Crippen LogP contribution in [0, 0.1) is 11.8 Å². The van der Waals surface area contributed by atoms with Gasteiger partial charge in [-0.2, -0.15) is 0 Å². The van der Waals surface area contributed by atoms with Gasteiger partial charge in [-0.05, 0) is 91.3 Å². The third-order valence-electron chi connectivity index (χ3n) is 9.03. The summed E-state index contributed by atoms with van der Waals surface area (Å²) >= 11 is 6.33. The monoisotopic (exact) mass is 580 g/mol. The summed E-state index contributed by atoms with van der Waals surface area (Å²) in [7, 11) is 3.12. The van der Waals surface area contributed by atoms with Crippen LogP contribution in [-0.4, -0.2) is 61.8 Å². The van der Waals surface area contributed by atoms with Crippen molar-refractivity contribution in [3.05, 3.63) is 70.3 Å². The number of nitrogens with zero attached hydrogens (tertiary/aromatic N) is 2. The van der Waals surface area contributed by atoms with Crippen molar-refractivity contribution >= 4 is 29.2 Å². The molecule has 2 aromatic carbocycles. The molecule has 4 atom stereocenters. The number of carbonyl (C=O) groups excluding carboxylic acids is 2. The molecule has 2 heterocycles. The number of esters is 1. The smallest absolute Gasteiger partial charge is 0.313 e. The summed E-state index contributed by atoms with van der Waals surface area (Å²) in [5.74, 6) is 0.00968. The summed E-state index contributed by atoms with van der Waals surface area (Å²) in [6.45, 7) is 2.53. The topological polar surface area (TPSA) is 79.3 Å². The fraction of sp³-hybridized carbons (Fsp3) is 0.515. The van der Waals surface area contributed by atoms with Gasteiger partial charge < -0.3 is 24.4 Å². The first-order valence-electron chi connectivity index (χ1n) is 14.8. The van der Waals surface area contributed by atoms with Gasteiger partial charge in [-0.3, -0.25) is 9.59 Å². The number of fused-ring (bicyclic) bond motifs is 3. The van der Waals surface area contributed by atoms with Crippen LogP contribution in [-0.2, 0) is 27.4 Å². The van der Waals surface area contributed by atoms with Gasteiger partial charge in [0.2, 0.25) is 5.91 Å². The normalized spacial score (nSPS) is 26.4. The molecule has 1 fully saturated rings. The Morgan fingerprint density at radius 1 is 1.10 bits per heavy atom. The highest BCUT2D eigenvalue weighted by Crippen LogP contribution is 2.41. The quantitative estimate of drug-likeness (QED) is 0.354. The second-order valence-electron chi connectivity index (χ2n) is 11.6. The van der Waals surface area contributed by atoms with Crippen LogP contribution in [0.4, 0.5) is 5.69 Å². The molecule has 0 spiro atoms. The van der Waals surface area contributed by atoms with Crippen molar-refractivity contribution in [3.8, 4) is 5.75 Å². The second-order valence-corrected chi connectivity index (χ2v) is 12.1. The number of rotatable bonds is 1. The highest BCUT2D eigenvalue weighted by atomic mass is 35.5. The average molecular weight is 581 g/mol. The van der Waals surface area contributed by atoms with E-state index in [2.05, 4.69) is 4.90 Å². The molecule has 5 rings (SSSR count). The van der Waals surface area contributed by atoms with Gasteiger partial charge in [-0.25, -0.2) is 0 Å². The Morgan fingerprint density at radius 2 is 1.95 bits per heavy atom. The van der Waals surface area contributed by atoms with Crippen molar-refractivity contribution in [2.24, 2.45) is 11.8 Å². The molecular formula is C33H41ClN2O5. The lowest BCUT2D eigenvalue weighted by Gasteiger charge is -2.42. The van der Waals surface area contributed by atoms with Gasteiger partial charge in [0.05, 0.1) is 24.8 Å². The number of hydrogen-bond donors (Lipinski definition) is 1. The van der Waals surface area contributed by atoms with E-state index in [1.807, 2.05) is 48.6 Å². The first kappa shape index (κ1) is 29.5. The number of ether oxygens (including phenoxy) is 2. The maximum absolute atomic E-state index is 13.2. The third-order valence-corrected chi connectivity index (χ3v) is 9.26. The maximum atomic E-state index is 13.2. The number of methoxy groups -OCH3 is 1. The molecule has 8 heteroatoms. The summed E-state index contributed by atoms with van der Waals surface area (Å²) in [5, 5.41) is 11.7. The molecule has 2 aliphatic heterocycles. The number of benzene rings is 2. The van der Waals surface area contributed by atoms with E-state index in [0.717, 1.165) is 72.8 Å². The van der Waals surface area contributed by atoms with Gasteiger partial charge >= 0.3 is 5.97 Å². The standard InChI is InChI=1S/C33H41ClN2O5/c1-35-15-5-4-8-30(37)27-13-10-24(27)20-36-16-6-3-7-22-17-26(34)12-9-25(22)21-41-31-14-11-23(18-29(31)36)28(19-32(35)38)33(39)40-2/h4,8-9,11-12,14,17-18,24,27-28,30,37H,3,5-7,10,13,15-16,19-21H2,1-2H3/b8-4+/t24-,27+,28+,30-/m0/s1. The highest BCUT2D eigenvalue weighted by Gasteiger charge is 2.37. The number of amides is 1. The van der Waals surface area contributed by atoms with Crippen LogP contribution in [0.25, 0.3) is 0 Å². The molecular weight excluding hydrogens is 540 g/mol. The van der Waals surface area contributed by atoms with Gasteiger partial charge in [0.1, 0.15) is 12.4 Å².